The number of nitrogens with zero attached hydrogens (tertiary/aromatic N) is 5. The average molecular weight is 513 g/mol. The van der Waals surface area contributed by atoms with Gasteiger partial charge in [0.15, 0.2) is 5.82 Å². The molecule has 0 fully saturated rings. The van der Waals surface area contributed by atoms with Crippen LogP contribution in [0.1, 0.15) is 52.3 Å². The molecule has 190 valence electrons. The largest absolute Gasteiger partial charge is 0.321 e. The molecular formula is C29H32N6OS. The van der Waals surface area contributed by atoms with Gasteiger partial charge in [-0.3, -0.25) is 9.69 Å². The first-order chi connectivity index (χ1) is 18.0. The Kier molecular flexibility index (Phi) is 7.58. The summed E-state index contributed by atoms with van der Waals surface area (Å²) in [6, 6.07) is 20.8. The first-order valence-electron chi connectivity index (χ1n) is 12.7. The second kappa shape index (κ2) is 11.2. The van der Waals surface area contributed by atoms with Crippen molar-refractivity contribution in [2.45, 2.75) is 59.3 Å². The molecule has 8 heteroatoms. The Morgan fingerprint density at radius 1 is 1.05 bits per heavy atom. The van der Waals surface area contributed by atoms with Crippen molar-refractivity contribution in [1.82, 2.24) is 30.1 Å². The molecule has 5 aromatic rings. The van der Waals surface area contributed by atoms with E-state index in [1.54, 1.807) is 11.3 Å². The zero-order valence-electron chi connectivity index (χ0n) is 21.5. The van der Waals surface area contributed by atoms with E-state index in [1.807, 2.05) is 23.7 Å². The van der Waals surface area contributed by atoms with E-state index in [2.05, 4.69) is 93.2 Å². The van der Waals surface area contributed by atoms with Crippen molar-refractivity contribution in [1.29, 1.82) is 0 Å². The van der Waals surface area contributed by atoms with Gasteiger partial charge in [-0.05, 0) is 77.2 Å². The Morgan fingerprint density at radius 3 is 2.65 bits per heavy atom. The zero-order chi connectivity index (χ0) is 25.8. The maximum Gasteiger partial charge on any atom is 0.252 e. The fourth-order valence-corrected chi connectivity index (χ4v) is 5.77. The van der Waals surface area contributed by atoms with Crippen molar-refractivity contribution in [2.24, 2.45) is 0 Å². The van der Waals surface area contributed by atoms with E-state index in [9.17, 15) is 4.79 Å². The minimum atomic E-state index is -0.0471. The number of aromatic amines is 1. The van der Waals surface area contributed by atoms with Crippen molar-refractivity contribution < 1.29 is 0 Å². The molecule has 0 aliphatic rings. The van der Waals surface area contributed by atoms with E-state index in [0.29, 0.717) is 19.6 Å². The smallest absolute Gasteiger partial charge is 0.252 e. The molecule has 3 aromatic heterocycles. The number of fused-ring (bicyclic) bond motifs is 1. The van der Waals surface area contributed by atoms with Gasteiger partial charge in [-0.25, -0.2) is 4.68 Å². The van der Waals surface area contributed by atoms with E-state index < -0.39 is 0 Å². The summed E-state index contributed by atoms with van der Waals surface area (Å²) in [7, 11) is 0. The molecule has 0 saturated heterocycles. The first-order valence-corrected chi connectivity index (χ1v) is 13.6. The van der Waals surface area contributed by atoms with Crippen LogP contribution in [0, 0.1) is 13.8 Å². The van der Waals surface area contributed by atoms with Crippen LogP contribution in [-0.4, -0.2) is 30.1 Å². The highest BCUT2D eigenvalue weighted by molar-refractivity contribution is 7.09. The van der Waals surface area contributed by atoms with Gasteiger partial charge in [-0.1, -0.05) is 55.0 Å². The first kappa shape index (κ1) is 25.0. The van der Waals surface area contributed by atoms with Crippen molar-refractivity contribution in [3.63, 3.8) is 0 Å². The van der Waals surface area contributed by atoms with Gasteiger partial charge in [-0.15, -0.1) is 16.4 Å². The van der Waals surface area contributed by atoms with E-state index in [-0.39, 0.29) is 11.6 Å². The standard InChI is InChI=1S/C29H32N6OS/c1-4-26(28-31-32-33-35(28)13-12-22-9-6-5-7-10-22)34(19-25-11-8-14-37-25)18-24-17-23-16-20(2)15-21(3)27(23)30-29(24)36/h5-11,14-17,26H,4,12-13,18-19H2,1-3H3,(H,30,36). The van der Waals surface area contributed by atoms with Gasteiger partial charge in [0.25, 0.3) is 5.56 Å². The molecular weight excluding hydrogens is 480 g/mol. The number of nitrogens with one attached hydrogen (secondary N) is 1. The summed E-state index contributed by atoms with van der Waals surface area (Å²) >= 11 is 1.72. The quantitative estimate of drug-likeness (QED) is 0.264. The lowest BCUT2D eigenvalue weighted by Gasteiger charge is -2.30. The van der Waals surface area contributed by atoms with Crippen LogP contribution in [0.4, 0.5) is 0 Å². The lowest BCUT2D eigenvalue weighted by atomic mass is 10.0. The molecule has 0 radical (unpaired) electrons. The van der Waals surface area contributed by atoms with Gasteiger partial charge in [0.1, 0.15) is 0 Å². The Balaban J connectivity index is 1.47. The normalized spacial score (nSPS) is 12.4. The van der Waals surface area contributed by atoms with Gasteiger partial charge in [0.05, 0.1) is 11.6 Å². The lowest BCUT2D eigenvalue weighted by Crippen LogP contribution is -2.32. The van der Waals surface area contributed by atoms with E-state index in [1.165, 1.54) is 16.0 Å². The molecule has 1 N–H and O–H groups in total. The number of rotatable bonds is 10. The molecule has 37 heavy (non-hydrogen) atoms. The Hall–Kier alpha value is -3.62. The number of hydrogen-bond acceptors (Lipinski definition) is 6. The van der Waals surface area contributed by atoms with Gasteiger partial charge in [0.2, 0.25) is 0 Å². The minimum Gasteiger partial charge on any atom is -0.321 e. The highest BCUT2D eigenvalue weighted by Crippen LogP contribution is 2.28. The third kappa shape index (κ3) is 5.70. The monoisotopic (exact) mass is 512 g/mol. The lowest BCUT2D eigenvalue weighted by molar-refractivity contribution is 0.162. The SMILES string of the molecule is CCC(c1nnnn1CCc1ccccc1)N(Cc1cccs1)Cc1cc2cc(C)cc(C)c2[nH]c1=O. The van der Waals surface area contributed by atoms with Gasteiger partial charge >= 0.3 is 0 Å². The Labute approximate surface area is 220 Å². The van der Waals surface area contributed by atoms with Crippen molar-refractivity contribution in [3.8, 4) is 0 Å². The van der Waals surface area contributed by atoms with Crippen LogP contribution in [0.2, 0.25) is 0 Å². The summed E-state index contributed by atoms with van der Waals surface area (Å²) in [6.45, 7) is 8.19. The molecule has 3 heterocycles. The zero-order valence-corrected chi connectivity index (χ0v) is 22.3. The van der Waals surface area contributed by atoms with Gasteiger partial charge < -0.3 is 4.98 Å². The molecule has 0 aliphatic heterocycles. The van der Waals surface area contributed by atoms with Crippen molar-refractivity contribution in [3.05, 3.63) is 109 Å². The fraction of sp³-hybridized carbons (Fsp3) is 0.310. The highest BCUT2D eigenvalue weighted by atomic mass is 32.1. The van der Waals surface area contributed by atoms with Crippen LogP contribution in [-0.2, 0) is 26.1 Å². The summed E-state index contributed by atoms with van der Waals surface area (Å²) in [6.07, 6.45) is 1.67. The fourth-order valence-electron chi connectivity index (χ4n) is 5.04. The second-order valence-corrected chi connectivity index (χ2v) is 10.6. The van der Waals surface area contributed by atoms with Crippen LogP contribution in [0.15, 0.2) is 70.8 Å². The molecule has 1 unspecified atom stereocenters. The van der Waals surface area contributed by atoms with E-state index in [0.717, 1.165) is 40.7 Å². The van der Waals surface area contributed by atoms with Crippen LogP contribution in [0.25, 0.3) is 10.9 Å². The molecule has 1 atom stereocenters. The third-order valence-electron chi connectivity index (χ3n) is 6.82. The predicted molar refractivity (Wildman–Crippen MR) is 149 cm³/mol. The summed E-state index contributed by atoms with van der Waals surface area (Å²) in [5.74, 6) is 0.832. The number of pyridine rings is 1. The summed E-state index contributed by atoms with van der Waals surface area (Å²) < 4.78 is 1.92. The Morgan fingerprint density at radius 2 is 1.89 bits per heavy atom. The predicted octanol–water partition coefficient (Wildman–Crippen LogP) is 5.59. The van der Waals surface area contributed by atoms with Crippen molar-refractivity contribution in [2.75, 3.05) is 0 Å². The highest BCUT2D eigenvalue weighted by Gasteiger charge is 2.26. The third-order valence-corrected chi connectivity index (χ3v) is 7.68. The molecule has 0 aliphatic carbocycles. The molecule has 0 amide bonds. The molecule has 5 rings (SSSR count). The second-order valence-electron chi connectivity index (χ2n) is 9.57. The number of benzene rings is 2. The van der Waals surface area contributed by atoms with Crippen LogP contribution in [0.5, 0.6) is 0 Å². The van der Waals surface area contributed by atoms with Gasteiger partial charge in [-0.2, -0.15) is 0 Å². The number of thiophene rings is 1. The van der Waals surface area contributed by atoms with Gasteiger partial charge in [0, 0.05) is 30.1 Å². The van der Waals surface area contributed by atoms with E-state index >= 15 is 0 Å². The van der Waals surface area contributed by atoms with Crippen molar-refractivity contribution >= 4 is 22.2 Å². The average Bonchev–Trinajstić information content (AvgIpc) is 3.57. The van der Waals surface area contributed by atoms with Crippen LogP contribution >= 0.6 is 11.3 Å². The summed E-state index contributed by atoms with van der Waals surface area (Å²) in [5.41, 5.74) is 5.12. The maximum atomic E-state index is 13.2. The summed E-state index contributed by atoms with van der Waals surface area (Å²) in [5, 5.41) is 16.0. The number of aromatic nitrogens is 5. The van der Waals surface area contributed by atoms with E-state index in [4.69, 9.17) is 0 Å². The molecule has 2 aromatic carbocycles. The summed E-state index contributed by atoms with van der Waals surface area (Å²) in [4.78, 5) is 19.9. The maximum absolute atomic E-state index is 13.2. The topological polar surface area (TPSA) is 79.7 Å². The number of hydrogen-bond donors (Lipinski definition) is 1. The molecule has 0 spiro atoms. The Bertz CT molecular complexity index is 1520. The molecule has 0 saturated carbocycles. The number of aryl methyl sites for hydroxylation is 4. The molecule has 0 bridgehead atoms. The molecule has 7 nitrogen and oxygen atoms in total. The van der Waals surface area contributed by atoms with Crippen LogP contribution in [0.3, 0.4) is 0 Å². The number of tetrazole rings is 1. The number of H-pyrrole nitrogens is 1. The van der Waals surface area contributed by atoms with Crippen LogP contribution < -0.4 is 5.56 Å². The minimum absolute atomic E-state index is 0.0396.